The Hall–Kier alpha value is -2.15. The molecule has 1 rings (SSSR count). The van der Waals surface area contributed by atoms with E-state index in [9.17, 15) is 19.1 Å². The molecule has 1 aromatic rings. The number of aliphatic hydroxyl groups excluding tert-OH is 1. The van der Waals surface area contributed by atoms with Gasteiger partial charge in [-0.05, 0) is 17.7 Å². The summed E-state index contributed by atoms with van der Waals surface area (Å²) in [4.78, 5) is 21.5. The van der Waals surface area contributed by atoms with E-state index in [0.717, 1.165) is 0 Å². The third-order valence-corrected chi connectivity index (χ3v) is 2.48. The van der Waals surface area contributed by atoms with E-state index < -0.39 is 18.1 Å². The maximum atomic E-state index is 12.9. The van der Waals surface area contributed by atoms with Crippen LogP contribution >= 0.6 is 0 Å². The largest absolute Gasteiger partial charge is 0.481 e. The van der Waals surface area contributed by atoms with Crippen LogP contribution in [0.1, 0.15) is 12.0 Å². The molecule has 0 fully saturated rings. The van der Waals surface area contributed by atoms with Gasteiger partial charge in [0.2, 0.25) is 0 Å². The number of carbonyl (C=O) groups is 2. The van der Waals surface area contributed by atoms with Gasteiger partial charge in [-0.15, -0.1) is 0 Å². The highest BCUT2D eigenvalue weighted by molar-refractivity contribution is 5.74. The number of benzene rings is 1. The first kappa shape index (κ1) is 15.9. The van der Waals surface area contributed by atoms with E-state index in [1.165, 1.54) is 12.1 Å². The Balaban J connectivity index is 2.24. The molecular formula is C13H17FN2O4. The molecule has 1 unspecified atom stereocenters. The Labute approximate surface area is 115 Å². The van der Waals surface area contributed by atoms with Gasteiger partial charge in [-0.25, -0.2) is 9.18 Å². The fourth-order valence-electron chi connectivity index (χ4n) is 1.56. The smallest absolute Gasteiger partial charge is 0.314 e. The molecule has 7 heteroatoms. The van der Waals surface area contributed by atoms with Crippen molar-refractivity contribution in [2.45, 2.75) is 18.9 Å². The summed E-state index contributed by atoms with van der Waals surface area (Å²) < 4.78 is 12.9. The molecule has 0 aliphatic rings. The molecule has 6 nitrogen and oxygen atoms in total. The highest BCUT2D eigenvalue weighted by Gasteiger charge is 2.08. The molecule has 0 radical (unpaired) electrons. The molecule has 0 aliphatic heterocycles. The fraction of sp³-hybridized carbons (Fsp3) is 0.385. The average molecular weight is 284 g/mol. The van der Waals surface area contributed by atoms with Crippen LogP contribution in [0.25, 0.3) is 0 Å². The van der Waals surface area contributed by atoms with Crippen LogP contribution in [0.4, 0.5) is 9.18 Å². The lowest BCUT2D eigenvalue weighted by Crippen LogP contribution is -2.41. The third-order valence-electron chi connectivity index (χ3n) is 2.48. The monoisotopic (exact) mass is 284 g/mol. The maximum Gasteiger partial charge on any atom is 0.314 e. The van der Waals surface area contributed by atoms with Gasteiger partial charge in [0.05, 0.1) is 12.5 Å². The van der Waals surface area contributed by atoms with Gasteiger partial charge in [0.1, 0.15) is 5.82 Å². The number of nitrogens with one attached hydrogen (secondary N) is 2. The van der Waals surface area contributed by atoms with Gasteiger partial charge in [-0.1, -0.05) is 12.1 Å². The van der Waals surface area contributed by atoms with Crippen molar-refractivity contribution in [2.24, 2.45) is 0 Å². The molecular weight excluding hydrogens is 267 g/mol. The van der Waals surface area contributed by atoms with E-state index in [1.807, 2.05) is 0 Å². The van der Waals surface area contributed by atoms with Crippen LogP contribution in [0, 0.1) is 5.82 Å². The number of rotatable bonds is 7. The van der Waals surface area contributed by atoms with Gasteiger partial charge in [-0.2, -0.15) is 0 Å². The zero-order valence-corrected chi connectivity index (χ0v) is 10.8. The minimum absolute atomic E-state index is 0.00455. The van der Waals surface area contributed by atoms with Crippen molar-refractivity contribution in [1.82, 2.24) is 10.6 Å². The lowest BCUT2D eigenvalue weighted by atomic mass is 10.1. The average Bonchev–Trinajstić information content (AvgIpc) is 2.36. The van der Waals surface area contributed by atoms with Crippen LogP contribution < -0.4 is 10.6 Å². The predicted octanol–water partition coefficient (Wildman–Crippen LogP) is 0.503. The first-order valence-electron chi connectivity index (χ1n) is 6.13. The molecule has 0 heterocycles. The molecule has 2 amide bonds. The second-order valence-electron chi connectivity index (χ2n) is 4.27. The van der Waals surface area contributed by atoms with E-state index in [-0.39, 0.29) is 31.7 Å². The lowest BCUT2D eigenvalue weighted by Gasteiger charge is -2.12. The molecule has 0 aromatic heterocycles. The van der Waals surface area contributed by atoms with E-state index in [1.54, 1.807) is 12.1 Å². The first-order chi connectivity index (χ1) is 9.47. The third kappa shape index (κ3) is 6.69. The van der Waals surface area contributed by atoms with Gasteiger partial charge >= 0.3 is 12.0 Å². The number of hydrogen-bond acceptors (Lipinski definition) is 3. The number of urea groups is 1. The summed E-state index contributed by atoms with van der Waals surface area (Å²) in [5.41, 5.74) is 0.630. The lowest BCUT2D eigenvalue weighted by molar-refractivity contribution is -0.136. The molecule has 0 spiro atoms. The number of aliphatic hydroxyl groups is 1. The molecule has 0 saturated heterocycles. The Bertz CT molecular complexity index is 467. The zero-order valence-electron chi connectivity index (χ0n) is 10.8. The molecule has 4 N–H and O–H groups in total. The van der Waals surface area contributed by atoms with E-state index >= 15 is 0 Å². The normalized spacial score (nSPS) is 11.7. The number of amides is 2. The summed E-state index contributed by atoms with van der Waals surface area (Å²) in [6.45, 7) is 0.0105. The number of aliphatic carboxylic acids is 1. The van der Waals surface area contributed by atoms with Gasteiger partial charge in [0, 0.05) is 19.5 Å². The van der Waals surface area contributed by atoms with Crippen molar-refractivity contribution in [3.63, 3.8) is 0 Å². The number of carboxylic acids is 1. The number of halogens is 1. The minimum atomic E-state index is -1.00. The van der Waals surface area contributed by atoms with Gasteiger partial charge < -0.3 is 20.8 Å². The molecule has 20 heavy (non-hydrogen) atoms. The van der Waals surface area contributed by atoms with Crippen molar-refractivity contribution in [3.8, 4) is 0 Å². The van der Waals surface area contributed by atoms with Crippen molar-refractivity contribution < 1.29 is 24.2 Å². The maximum absolute atomic E-state index is 12.9. The standard InChI is InChI=1S/C13H17FN2O4/c14-10-3-1-2-9(6-10)7-11(17)8-16-13(20)15-5-4-12(18)19/h1-3,6,11,17H,4-5,7-8H2,(H,18,19)(H2,15,16,20). The fourth-order valence-corrected chi connectivity index (χ4v) is 1.56. The molecule has 0 bridgehead atoms. The van der Waals surface area contributed by atoms with Crippen LogP contribution in [-0.2, 0) is 11.2 Å². The molecule has 1 atom stereocenters. The Morgan fingerprint density at radius 3 is 2.70 bits per heavy atom. The van der Waals surface area contributed by atoms with Crippen molar-refractivity contribution >= 4 is 12.0 Å². The summed E-state index contributed by atoms with van der Waals surface area (Å²) in [5.74, 6) is -1.38. The SMILES string of the molecule is O=C(O)CCNC(=O)NCC(O)Cc1cccc(F)c1. The summed E-state index contributed by atoms with van der Waals surface area (Å²) in [6, 6.07) is 5.30. The highest BCUT2D eigenvalue weighted by atomic mass is 19.1. The summed E-state index contributed by atoms with van der Waals surface area (Å²) in [7, 11) is 0. The molecule has 0 saturated carbocycles. The summed E-state index contributed by atoms with van der Waals surface area (Å²) in [5, 5.41) is 22.8. The second-order valence-corrected chi connectivity index (χ2v) is 4.27. The molecule has 110 valence electrons. The second kappa shape index (κ2) is 8.11. The summed E-state index contributed by atoms with van der Waals surface area (Å²) in [6.07, 6.45) is -0.797. The van der Waals surface area contributed by atoms with Crippen LogP contribution in [0.3, 0.4) is 0 Å². The van der Waals surface area contributed by atoms with E-state index in [0.29, 0.717) is 5.56 Å². The van der Waals surface area contributed by atoms with Crippen molar-refractivity contribution in [3.05, 3.63) is 35.6 Å². The Kier molecular flexibility index (Phi) is 6.45. The number of carbonyl (C=O) groups excluding carboxylic acids is 1. The highest BCUT2D eigenvalue weighted by Crippen LogP contribution is 2.06. The minimum Gasteiger partial charge on any atom is -0.481 e. The van der Waals surface area contributed by atoms with Gasteiger partial charge in [0.25, 0.3) is 0 Å². The van der Waals surface area contributed by atoms with Gasteiger partial charge in [-0.3, -0.25) is 4.79 Å². The van der Waals surface area contributed by atoms with E-state index in [2.05, 4.69) is 10.6 Å². The van der Waals surface area contributed by atoms with Gasteiger partial charge in [0.15, 0.2) is 0 Å². The zero-order chi connectivity index (χ0) is 15.0. The number of hydrogen-bond donors (Lipinski definition) is 4. The van der Waals surface area contributed by atoms with Crippen molar-refractivity contribution in [1.29, 1.82) is 0 Å². The van der Waals surface area contributed by atoms with E-state index in [4.69, 9.17) is 5.11 Å². The number of carboxylic acid groups (broad SMARTS) is 1. The first-order valence-corrected chi connectivity index (χ1v) is 6.13. The quantitative estimate of drug-likeness (QED) is 0.586. The predicted molar refractivity (Wildman–Crippen MR) is 69.8 cm³/mol. The summed E-state index contributed by atoms with van der Waals surface area (Å²) >= 11 is 0. The topological polar surface area (TPSA) is 98.7 Å². The van der Waals surface area contributed by atoms with Crippen LogP contribution in [0.15, 0.2) is 24.3 Å². The Morgan fingerprint density at radius 2 is 2.05 bits per heavy atom. The van der Waals surface area contributed by atoms with Crippen LogP contribution in [0.5, 0.6) is 0 Å². The molecule has 0 aliphatic carbocycles. The molecule has 1 aromatic carbocycles. The van der Waals surface area contributed by atoms with Crippen LogP contribution in [-0.4, -0.2) is 41.4 Å². The Morgan fingerprint density at radius 1 is 1.30 bits per heavy atom. The van der Waals surface area contributed by atoms with Crippen molar-refractivity contribution in [2.75, 3.05) is 13.1 Å². The van der Waals surface area contributed by atoms with Crippen LogP contribution in [0.2, 0.25) is 0 Å².